The van der Waals surface area contributed by atoms with E-state index in [1.165, 1.54) is 6.20 Å². The van der Waals surface area contributed by atoms with Crippen molar-refractivity contribution in [2.24, 2.45) is 11.3 Å². The Morgan fingerprint density at radius 2 is 1.93 bits per heavy atom. The molecule has 10 heteroatoms. The number of rotatable bonds is 4. The fourth-order valence-corrected chi connectivity index (χ4v) is 3.03. The van der Waals surface area contributed by atoms with Crippen molar-refractivity contribution in [3.05, 3.63) is 24.2 Å². The Bertz CT molecular complexity index is 835. The number of nitrogens with zero attached hydrogens (tertiary/aromatic N) is 4. The van der Waals surface area contributed by atoms with Crippen LogP contribution in [-0.2, 0) is 11.0 Å². The van der Waals surface area contributed by atoms with Crippen molar-refractivity contribution < 1.29 is 22.5 Å². The van der Waals surface area contributed by atoms with Crippen LogP contribution in [0.1, 0.15) is 39.5 Å². The second kappa shape index (κ2) is 8.00. The van der Waals surface area contributed by atoms with Crippen LogP contribution in [-0.4, -0.2) is 40.7 Å². The van der Waals surface area contributed by atoms with Crippen molar-refractivity contribution in [2.45, 2.75) is 39.8 Å². The number of halogens is 3. The molecule has 1 N–H and O–H groups in total. The average molecular weight is 411 g/mol. The van der Waals surface area contributed by atoms with E-state index in [-0.39, 0.29) is 11.7 Å². The maximum Gasteiger partial charge on any atom is 0.471 e. The number of alkyl halides is 3. The summed E-state index contributed by atoms with van der Waals surface area (Å²) in [6.07, 6.45) is -1.38. The first-order chi connectivity index (χ1) is 13.5. The van der Waals surface area contributed by atoms with Gasteiger partial charge in [-0.2, -0.15) is 18.2 Å². The van der Waals surface area contributed by atoms with Gasteiger partial charge >= 0.3 is 12.1 Å². The summed E-state index contributed by atoms with van der Waals surface area (Å²) >= 11 is 0. The zero-order valence-electron chi connectivity index (χ0n) is 16.6. The van der Waals surface area contributed by atoms with Gasteiger partial charge in [-0.3, -0.25) is 4.79 Å². The second-order valence-electron chi connectivity index (χ2n) is 8.22. The minimum absolute atomic E-state index is 0.0485. The smallest absolute Gasteiger partial charge is 0.357 e. The summed E-state index contributed by atoms with van der Waals surface area (Å²) in [6.45, 7) is 7.91. The van der Waals surface area contributed by atoms with Crippen molar-refractivity contribution in [2.75, 3.05) is 24.5 Å². The number of carbonyl (C=O) groups is 1. The van der Waals surface area contributed by atoms with E-state index in [9.17, 15) is 18.0 Å². The molecule has 1 saturated heterocycles. The zero-order valence-corrected chi connectivity index (χ0v) is 16.6. The van der Waals surface area contributed by atoms with Gasteiger partial charge < -0.3 is 14.7 Å². The van der Waals surface area contributed by atoms with Gasteiger partial charge in [-0.1, -0.05) is 25.9 Å². The first-order valence-corrected chi connectivity index (χ1v) is 9.44. The van der Waals surface area contributed by atoms with Crippen LogP contribution in [0.4, 0.5) is 19.0 Å². The Balaban J connectivity index is 1.54. The first-order valence-electron chi connectivity index (χ1n) is 9.44. The van der Waals surface area contributed by atoms with E-state index in [4.69, 9.17) is 0 Å². The summed E-state index contributed by atoms with van der Waals surface area (Å²) < 4.78 is 42.0. The third kappa shape index (κ3) is 5.24. The largest absolute Gasteiger partial charge is 0.471 e. The number of anilines is 1. The van der Waals surface area contributed by atoms with Gasteiger partial charge in [0.25, 0.3) is 0 Å². The van der Waals surface area contributed by atoms with E-state index in [1.807, 2.05) is 20.8 Å². The number of piperidine rings is 1. The summed E-state index contributed by atoms with van der Waals surface area (Å²) in [5.41, 5.74) is -0.0425. The Morgan fingerprint density at radius 3 is 2.45 bits per heavy atom. The number of carbonyl (C=O) groups excluding carboxylic acids is 1. The number of hydrogen-bond donors (Lipinski definition) is 1. The summed E-state index contributed by atoms with van der Waals surface area (Å²) in [4.78, 5) is 21.8. The highest BCUT2D eigenvalue weighted by Crippen LogP contribution is 2.30. The minimum Gasteiger partial charge on any atom is -0.357 e. The van der Waals surface area contributed by atoms with Crippen LogP contribution in [0.25, 0.3) is 11.4 Å². The van der Waals surface area contributed by atoms with Gasteiger partial charge in [0, 0.05) is 36.8 Å². The Kier molecular flexibility index (Phi) is 5.81. The first kappa shape index (κ1) is 21.1. The quantitative estimate of drug-likeness (QED) is 0.829. The molecule has 29 heavy (non-hydrogen) atoms. The van der Waals surface area contributed by atoms with E-state index in [0.717, 1.165) is 31.7 Å². The third-order valence-electron chi connectivity index (χ3n) is 4.85. The van der Waals surface area contributed by atoms with E-state index < -0.39 is 17.5 Å². The van der Waals surface area contributed by atoms with Crippen molar-refractivity contribution in [1.82, 2.24) is 20.4 Å². The maximum absolute atomic E-state index is 12.6. The lowest BCUT2D eigenvalue weighted by atomic mass is 9.93. The van der Waals surface area contributed by atoms with Crippen molar-refractivity contribution in [3.8, 4) is 11.4 Å². The molecule has 0 radical (unpaired) electrons. The molecular weight excluding hydrogens is 387 g/mol. The van der Waals surface area contributed by atoms with Gasteiger partial charge in [0.1, 0.15) is 5.82 Å². The zero-order chi connectivity index (χ0) is 21.2. The fraction of sp³-hybridized carbons (Fsp3) is 0.579. The molecule has 0 bridgehead atoms. The molecule has 1 aliphatic rings. The van der Waals surface area contributed by atoms with Gasteiger partial charge in [-0.15, -0.1) is 0 Å². The van der Waals surface area contributed by atoms with Crippen molar-refractivity contribution in [3.63, 3.8) is 0 Å². The molecule has 1 amide bonds. The van der Waals surface area contributed by atoms with Crippen LogP contribution < -0.4 is 10.2 Å². The summed E-state index contributed by atoms with van der Waals surface area (Å²) in [7, 11) is 0. The van der Waals surface area contributed by atoms with Crippen LogP contribution in [0.15, 0.2) is 22.9 Å². The molecule has 0 aromatic carbocycles. The van der Waals surface area contributed by atoms with Gasteiger partial charge in [0.2, 0.25) is 11.7 Å². The Labute approximate surface area is 166 Å². The number of nitrogens with one attached hydrogen (secondary N) is 1. The highest BCUT2D eigenvalue weighted by atomic mass is 19.4. The fourth-order valence-electron chi connectivity index (χ4n) is 3.03. The van der Waals surface area contributed by atoms with Crippen LogP contribution in [0.3, 0.4) is 0 Å². The Morgan fingerprint density at radius 1 is 1.24 bits per heavy atom. The van der Waals surface area contributed by atoms with Crippen LogP contribution in [0.2, 0.25) is 0 Å². The van der Waals surface area contributed by atoms with Crippen LogP contribution in [0, 0.1) is 11.3 Å². The number of amides is 1. The van der Waals surface area contributed by atoms with Crippen LogP contribution in [0.5, 0.6) is 0 Å². The van der Waals surface area contributed by atoms with E-state index in [0.29, 0.717) is 18.0 Å². The van der Waals surface area contributed by atoms with E-state index >= 15 is 0 Å². The molecule has 0 atom stereocenters. The molecule has 3 rings (SSSR count). The molecule has 7 nitrogen and oxygen atoms in total. The molecule has 1 fully saturated rings. The standard InChI is InChI=1S/C19H24F3N5O2/c1-18(2,3)16(28)24-10-12-6-8-27(9-7-12)14-5-4-13(11-23-14)15-25-17(29-26-15)19(20,21)22/h4-5,11-12H,6-10H2,1-3H3,(H,24,28). The lowest BCUT2D eigenvalue weighted by Gasteiger charge is -2.33. The maximum atomic E-state index is 12.6. The lowest BCUT2D eigenvalue weighted by Crippen LogP contribution is -2.41. The third-order valence-corrected chi connectivity index (χ3v) is 4.85. The lowest BCUT2D eigenvalue weighted by molar-refractivity contribution is -0.159. The van der Waals surface area contributed by atoms with E-state index in [2.05, 4.69) is 29.9 Å². The van der Waals surface area contributed by atoms with Crippen molar-refractivity contribution in [1.29, 1.82) is 0 Å². The summed E-state index contributed by atoms with van der Waals surface area (Å²) in [6, 6.07) is 3.36. The molecule has 2 aromatic heterocycles. The Hall–Kier alpha value is -2.65. The minimum atomic E-state index is -4.67. The molecule has 3 heterocycles. The monoisotopic (exact) mass is 411 g/mol. The van der Waals surface area contributed by atoms with Gasteiger partial charge in [-0.05, 0) is 30.9 Å². The molecule has 1 aliphatic heterocycles. The molecule has 2 aromatic rings. The molecule has 0 saturated carbocycles. The summed E-state index contributed by atoms with van der Waals surface area (Å²) in [5, 5.41) is 6.37. The average Bonchev–Trinajstić information content (AvgIpc) is 3.16. The molecular formula is C19H24F3N5O2. The van der Waals surface area contributed by atoms with Gasteiger partial charge in [0.05, 0.1) is 0 Å². The normalized spacial score (nSPS) is 16.1. The second-order valence-corrected chi connectivity index (χ2v) is 8.22. The van der Waals surface area contributed by atoms with Gasteiger partial charge in [-0.25, -0.2) is 4.98 Å². The van der Waals surface area contributed by atoms with E-state index in [1.54, 1.807) is 12.1 Å². The number of aromatic nitrogens is 3. The molecule has 0 aliphatic carbocycles. The highest BCUT2D eigenvalue weighted by molar-refractivity contribution is 5.81. The predicted octanol–water partition coefficient (Wildman–Crippen LogP) is 3.53. The SMILES string of the molecule is CC(C)(C)C(=O)NCC1CCN(c2ccc(-c3noc(C(F)(F)F)n3)cn2)CC1. The molecule has 158 valence electrons. The van der Waals surface area contributed by atoms with Crippen molar-refractivity contribution >= 4 is 11.7 Å². The number of hydrogen-bond acceptors (Lipinski definition) is 6. The molecule has 0 spiro atoms. The summed E-state index contributed by atoms with van der Waals surface area (Å²) in [5.74, 6) is -0.323. The van der Waals surface area contributed by atoms with Gasteiger partial charge in [0.15, 0.2) is 0 Å². The molecule has 0 unspecified atom stereocenters. The van der Waals surface area contributed by atoms with Crippen LogP contribution >= 0.6 is 0 Å². The topological polar surface area (TPSA) is 84.2 Å². The predicted molar refractivity (Wildman–Crippen MR) is 99.9 cm³/mol. The number of pyridine rings is 1. The highest BCUT2D eigenvalue weighted by Gasteiger charge is 2.38.